The summed E-state index contributed by atoms with van der Waals surface area (Å²) in [6.45, 7) is 4.99. The number of aromatic nitrogens is 4. The van der Waals surface area contributed by atoms with Gasteiger partial charge in [-0.1, -0.05) is 17.7 Å². The molecule has 124 valence electrons. The second-order valence-corrected chi connectivity index (χ2v) is 7.76. The fraction of sp³-hybridized carbons (Fsp3) is 0.500. The molecule has 0 radical (unpaired) electrons. The van der Waals surface area contributed by atoms with Crippen molar-refractivity contribution in [2.45, 2.75) is 13.5 Å². The summed E-state index contributed by atoms with van der Waals surface area (Å²) >= 11 is 0. The van der Waals surface area contributed by atoms with Crippen molar-refractivity contribution >= 4 is 10.0 Å². The van der Waals surface area contributed by atoms with Crippen molar-refractivity contribution < 1.29 is 8.42 Å². The lowest BCUT2D eigenvalue weighted by Crippen LogP contribution is -2.48. The van der Waals surface area contributed by atoms with Crippen LogP contribution in [0.25, 0.3) is 5.69 Å². The molecule has 3 rings (SSSR count). The van der Waals surface area contributed by atoms with Crippen LogP contribution in [0.5, 0.6) is 0 Å². The van der Waals surface area contributed by atoms with E-state index in [4.69, 9.17) is 0 Å². The highest BCUT2D eigenvalue weighted by molar-refractivity contribution is 7.88. The molecule has 0 amide bonds. The normalized spacial score (nSPS) is 17.5. The van der Waals surface area contributed by atoms with E-state index in [1.165, 1.54) is 16.1 Å². The molecular formula is C14H20N6O2S. The molecule has 0 atom stereocenters. The van der Waals surface area contributed by atoms with E-state index < -0.39 is 10.0 Å². The second-order valence-electron chi connectivity index (χ2n) is 5.78. The summed E-state index contributed by atoms with van der Waals surface area (Å²) in [5.41, 5.74) is 2.10. The van der Waals surface area contributed by atoms with Gasteiger partial charge in [0.2, 0.25) is 10.0 Å². The Balaban J connectivity index is 1.68. The molecule has 9 heteroatoms. The van der Waals surface area contributed by atoms with E-state index in [-0.39, 0.29) is 0 Å². The van der Waals surface area contributed by atoms with Gasteiger partial charge >= 0.3 is 0 Å². The number of benzene rings is 1. The number of sulfonamides is 1. The molecule has 1 aliphatic heterocycles. The largest absolute Gasteiger partial charge is 0.293 e. The number of rotatable bonds is 4. The Morgan fingerprint density at radius 3 is 2.35 bits per heavy atom. The molecule has 0 spiro atoms. The fourth-order valence-corrected chi connectivity index (χ4v) is 3.44. The van der Waals surface area contributed by atoms with Crippen LogP contribution in [-0.4, -0.2) is 70.3 Å². The molecule has 2 heterocycles. The molecule has 8 nitrogen and oxygen atoms in total. The Morgan fingerprint density at radius 1 is 1.09 bits per heavy atom. The summed E-state index contributed by atoms with van der Waals surface area (Å²) < 4.78 is 26.3. The van der Waals surface area contributed by atoms with Crippen LogP contribution in [0.3, 0.4) is 0 Å². The van der Waals surface area contributed by atoms with Crippen LogP contribution in [0, 0.1) is 6.92 Å². The minimum Gasteiger partial charge on any atom is -0.293 e. The van der Waals surface area contributed by atoms with Gasteiger partial charge in [-0.15, -0.1) is 5.10 Å². The quantitative estimate of drug-likeness (QED) is 0.784. The standard InChI is InChI=1S/C14H20N6O2S/c1-12-3-5-13(6-4-12)20-14(15-16-17-20)11-18-7-9-19(10-8-18)23(2,21)22/h3-6H,7-11H2,1-2H3. The number of hydrogen-bond donors (Lipinski definition) is 0. The molecule has 1 aliphatic rings. The molecule has 0 bridgehead atoms. The Morgan fingerprint density at radius 2 is 1.74 bits per heavy atom. The van der Waals surface area contributed by atoms with Crippen LogP contribution in [0.1, 0.15) is 11.4 Å². The lowest BCUT2D eigenvalue weighted by Gasteiger charge is -2.32. The zero-order chi connectivity index (χ0) is 16.4. The topological polar surface area (TPSA) is 84.2 Å². The van der Waals surface area contributed by atoms with E-state index in [0.29, 0.717) is 32.7 Å². The van der Waals surface area contributed by atoms with Crippen LogP contribution in [0.2, 0.25) is 0 Å². The zero-order valence-corrected chi connectivity index (χ0v) is 14.1. The molecule has 0 saturated carbocycles. The smallest absolute Gasteiger partial charge is 0.211 e. The van der Waals surface area contributed by atoms with Gasteiger partial charge in [0.05, 0.1) is 18.5 Å². The predicted octanol–water partition coefficient (Wildman–Crippen LogP) is 0.0479. The van der Waals surface area contributed by atoms with Crippen LogP contribution in [-0.2, 0) is 16.6 Å². The highest BCUT2D eigenvalue weighted by Gasteiger charge is 2.24. The predicted molar refractivity (Wildman–Crippen MR) is 85.6 cm³/mol. The molecule has 2 aromatic rings. The van der Waals surface area contributed by atoms with Gasteiger partial charge in [-0.25, -0.2) is 8.42 Å². The van der Waals surface area contributed by atoms with Gasteiger partial charge in [-0.2, -0.15) is 8.99 Å². The maximum Gasteiger partial charge on any atom is 0.211 e. The van der Waals surface area contributed by atoms with Gasteiger partial charge in [0.15, 0.2) is 5.82 Å². The Bertz CT molecular complexity index is 763. The van der Waals surface area contributed by atoms with Gasteiger partial charge in [0, 0.05) is 26.2 Å². The second kappa shape index (κ2) is 6.34. The highest BCUT2D eigenvalue weighted by atomic mass is 32.2. The summed E-state index contributed by atoms with van der Waals surface area (Å²) in [5.74, 6) is 0.752. The van der Waals surface area contributed by atoms with Crippen LogP contribution in [0.4, 0.5) is 0 Å². The third-order valence-electron chi connectivity index (χ3n) is 3.98. The molecule has 1 fully saturated rings. The van der Waals surface area contributed by atoms with E-state index in [1.54, 1.807) is 4.68 Å². The van der Waals surface area contributed by atoms with E-state index >= 15 is 0 Å². The fourth-order valence-electron chi connectivity index (χ4n) is 2.61. The summed E-state index contributed by atoms with van der Waals surface area (Å²) in [4.78, 5) is 2.16. The molecule has 0 unspecified atom stereocenters. The van der Waals surface area contributed by atoms with Crippen molar-refractivity contribution in [1.82, 2.24) is 29.4 Å². The third-order valence-corrected chi connectivity index (χ3v) is 5.28. The average Bonchev–Trinajstić information content (AvgIpc) is 2.96. The zero-order valence-electron chi connectivity index (χ0n) is 13.3. The van der Waals surface area contributed by atoms with E-state index in [9.17, 15) is 8.42 Å². The number of nitrogens with zero attached hydrogens (tertiary/aromatic N) is 6. The van der Waals surface area contributed by atoms with Crippen molar-refractivity contribution in [1.29, 1.82) is 0 Å². The third kappa shape index (κ3) is 3.74. The molecule has 23 heavy (non-hydrogen) atoms. The van der Waals surface area contributed by atoms with E-state index in [0.717, 1.165) is 11.5 Å². The van der Waals surface area contributed by atoms with Gasteiger partial charge in [-0.05, 0) is 29.5 Å². The molecule has 1 aromatic carbocycles. The van der Waals surface area contributed by atoms with Crippen LogP contribution in [0.15, 0.2) is 24.3 Å². The van der Waals surface area contributed by atoms with Gasteiger partial charge in [-0.3, -0.25) is 4.90 Å². The molecule has 0 N–H and O–H groups in total. The molecule has 0 aliphatic carbocycles. The van der Waals surface area contributed by atoms with Crippen molar-refractivity contribution in [3.63, 3.8) is 0 Å². The molecular weight excluding hydrogens is 316 g/mol. The van der Waals surface area contributed by atoms with E-state index in [2.05, 4.69) is 20.4 Å². The van der Waals surface area contributed by atoms with Crippen molar-refractivity contribution in [3.8, 4) is 5.69 Å². The lowest BCUT2D eigenvalue weighted by molar-refractivity contribution is 0.177. The maximum atomic E-state index is 11.5. The minimum absolute atomic E-state index is 0.505. The van der Waals surface area contributed by atoms with Gasteiger partial charge in [0.1, 0.15) is 0 Å². The first-order valence-corrected chi connectivity index (χ1v) is 9.30. The lowest BCUT2D eigenvalue weighted by atomic mass is 10.2. The maximum absolute atomic E-state index is 11.5. The molecule has 1 saturated heterocycles. The Labute approximate surface area is 135 Å². The number of piperazine rings is 1. The summed E-state index contributed by atoms with van der Waals surface area (Å²) in [6, 6.07) is 8.00. The summed E-state index contributed by atoms with van der Waals surface area (Å²) in [5, 5.41) is 11.9. The number of tetrazole rings is 1. The van der Waals surface area contributed by atoms with E-state index in [1.807, 2.05) is 31.2 Å². The van der Waals surface area contributed by atoms with Crippen molar-refractivity contribution in [2.24, 2.45) is 0 Å². The molecule has 1 aromatic heterocycles. The number of aryl methyl sites for hydroxylation is 1. The minimum atomic E-state index is -3.11. The Hall–Kier alpha value is -1.84. The SMILES string of the molecule is Cc1ccc(-n2nnnc2CN2CCN(S(C)(=O)=O)CC2)cc1. The van der Waals surface area contributed by atoms with Crippen molar-refractivity contribution in [2.75, 3.05) is 32.4 Å². The first-order chi connectivity index (χ1) is 10.9. The van der Waals surface area contributed by atoms with Gasteiger partial charge < -0.3 is 0 Å². The monoisotopic (exact) mass is 336 g/mol. The number of hydrogen-bond acceptors (Lipinski definition) is 6. The van der Waals surface area contributed by atoms with Gasteiger partial charge in [0.25, 0.3) is 0 Å². The Kier molecular flexibility index (Phi) is 4.42. The van der Waals surface area contributed by atoms with Crippen molar-refractivity contribution in [3.05, 3.63) is 35.7 Å². The van der Waals surface area contributed by atoms with Crippen LogP contribution < -0.4 is 0 Å². The first kappa shape index (κ1) is 16.0. The average molecular weight is 336 g/mol. The summed E-state index contributed by atoms with van der Waals surface area (Å²) in [7, 11) is -3.11. The first-order valence-electron chi connectivity index (χ1n) is 7.45. The summed E-state index contributed by atoms with van der Waals surface area (Å²) in [6.07, 6.45) is 1.25. The van der Waals surface area contributed by atoms with Crippen LogP contribution >= 0.6 is 0 Å². The highest BCUT2D eigenvalue weighted by Crippen LogP contribution is 2.13.